The van der Waals surface area contributed by atoms with Gasteiger partial charge in [-0.2, -0.15) is 0 Å². The summed E-state index contributed by atoms with van der Waals surface area (Å²) in [7, 11) is 1.57. The van der Waals surface area contributed by atoms with Crippen LogP contribution in [0.1, 0.15) is 12.5 Å². The van der Waals surface area contributed by atoms with Crippen molar-refractivity contribution in [2.75, 3.05) is 13.7 Å². The normalized spacial score (nSPS) is 12.2. The molecule has 0 heterocycles. The van der Waals surface area contributed by atoms with Crippen LogP contribution in [0.2, 0.25) is 0 Å². The summed E-state index contributed by atoms with van der Waals surface area (Å²) in [5.41, 5.74) is 0.407. The maximum absolute atomic E-state index is 13.2. The molecule has 1 aromatic rings. The zero-order valence-electron chi connectivity index (χ0n) is 9.50. The van der Waals surface area contributed by atoms with Crippen LogP contribution in [0.25, 0.3) is 0 Å². The van der Waals surface area contributed by atoms with E-state index in [1.807, 2.05) is 6.92 Å². The smallest absolute Gasteiger partial charge is 0.224 e. The van der Waals surface area contributed by atoms with E-state index in [0.717, 1.165) is 0 Å². The number of halogens is 1. The van der Waals surface area contributed by atoms with Crippen molar-refractivity contribution < 1.29 is 13.9 Å². The van der Waals surface area contributed by atoms with E-state index in [4.69, 9.17) is 4.74 Å². The molecule has 1 unspecified atom stereocenters. The lowest BCUT2D eigenvalue weighted by Crippen LogP contribution is -2.36. The van der Waals surface area contributed by atoms with Crippen LogP contribution in [0.3, 0.4) is 0 Å². The van der Waals surface area contributed by atoms with Crippen molar-refractivity contribution in [2.45, 2.75) is 19.4 Å². The maximum Gasteiger partial charge on any atom is 0.224 e. The molecule has 0 aliphatic carbocycles. The molecule has 0 fully saturated rings. The number of methoxy groups -OCH3 is 1. The molecule has 0 radical (unpaired) electrons. The molecule has 0 aliphatic rings. The van der Waals surface area contributed by atoms with Gasteiger partial charge in [-0.05, 0) is 18.6 Å². The average Bonchev–Trinajstić information content (AvgIpc) is 2.21. The van der Waals surface area contributed by atoms with Crippen molar-refractivity contribution in [1.29, 1.82) is 0 Å². The second-order valence-corrected chi connectivity index (χ2v) is 3.69. The minimum absolute atomic E-state index is 0.0563. The molecule has 1 aromatic carbocycles. The van der Waals surface area contributed by atoms with Gasteiger partial charge in [-0.15, -0.1) is 0 Å². The van der Waals surface area contributed by atoms with Gasteiger partial charge in [-0.25, -0.2) is 4.39 Å². The van der Waals surface area contributed by atoms with E-state index in [2.05, 4.69) is 5.32 Å². The molecule has 1 N–H and O–H groups in total. The number of rotatable bonds is 5. The molecule has 0 bridgehead atoms. The summed E-state index contributed by atoms with van der Waals surface area (Å²) in [6.07, 6.45) is 0.0563. The van der Waals surface area contributed by atoms with Crippen molar-refractivity contribution in [2.24, 2.45) is 0 Å². The van der Waals surface area contributed by atoms with Crippen LogP contribution in [0.15, 0.2) is 24.3 Å². The SMILES string of the molecule is COCC(C)NC(=O)Cc1ccccc1F. The minimum Gasteiger partial charge on any atom is -0.383 e. The van der Waals surface area contributed by atoms with E-state index >= 15 is 0 Å². The van der Waals surface area contributed by atoms with E-state index in [0.29, 0.717) is 12.2 Å². The molecule has 1 amide bonds. The van der Waals surface area contributed by atoms with Crippen LogP contribution in [-0.2, 0) is 16.0 Å². The Labute approximate surface area is 94.6 Å². The first-order valence-corrected chi connectivity index (χ1v) is 5.15. The predicted molar refractivity (Wildman–Crippen MR) is 59.6 cm³/mol. The number of amides is 1. The monoisotopic (exact) mass is 225 g/mol. The van der Waals surface area contributed by atoms with E-state index in [9.17, 15) is 9.18 Å². The van der Waals surface area contributed by atoms with Gasteiger partial charge >= 0.3 is 0 Å². The second-order valence-electron chi connectivity index (χ2n) is 3.69. The Morgan fingerprint density at radius 3 is 2.81 bits per heavy atom. The van der Waals surface area contributed by atoms with Crippen LogP contribution in [0.5, 0.6) is 0 Å². The number of nitrogens with one attached hydrogen (secondary N) is 1. The highest BCUT2D eigenvalue weighted by molar-refractivity contribution is 5.78. The largest absolute Gasteiger partial charge is 0.383 e. The summed E-state index contributed by atoms with van der Waals surface area (Å²) in [6, 6.07) is 6.20. The molecule has 0 aliphatic heterocycles. The molecular weight excluding hydrogens is 209 g/mol. The van der Waals surface area contributed by atoms with Crippen molar-refractivity contribution in [3.8, 4) is 0 Å². The Balaban J connectivity index is 2.49. The first kappa shape index (κ1) is 12.6. The fourth-order valence-corrected chi connectivity index (χ4v) is 1.43. The Morgan fingerprint density at radius 2 is 2.19 bits per heavy atom. The summed E-state index contributed by atoms with van der Waals surface area (Å²) in [4.78, 5) is 11.5. The van der Waals surface area contributed by atoms with Crippen molar-refractivity contribution in [3.05, 3.63) is 35.6 Å². The standard InChI is InChI=1S/C12H16FNO2/c1-9(8-16-2)14-12(15)7-10-5-3-4-6-11(10)13/h3-6,9H,7-8H2,1-2H3,(H,14,15). The van der Waals surface area contributed by atoms with Gasteiger partial charge in [0, 0.05) is 13.2 Å². The van der Waals surface area contributed by atoms with Crippen LogP contribution in [-0.4, -0.2) is 25.7 Å². The molecule has 88 valence electrons. The second kappa shape index (κ2) is 6.23. The number of hydrogen-bond donors (Lipinski definition) is 1. The Kier molecular flexibility index (Phi) is 4.92. The van der Waals surface area contributed by atoms with Gasteiger partial charge in [0.2, 0.25) is 5.91 Å². The predicted octanol–water partition coefficient (Wildman–Crippen LogP) is 1.52. The summed E-state index contributed by atoms with van der Waals surface area (Å²) < 4.78 is 18.1. The van der Waals surface area contributed by atoms with Crippen LogP contribution < -0.4 is 5.32 Å². The van der Waals surface area contributed by atoms with E-state index < -0.39 is 0 Å². The van der Waals surface area contributed by atoms with Gasteiger partial charge < -0.3 is 10.1 Å². The third-order valence-electron chi connectivity index (χ3n) is 2.13. The number of hydrogen-bond acceptors (Lipinski definition) is 2. The summed E-state index contributed by atoms with van der Waals surface area (Å²) in [5.74, 6) is -0.549. The average molecular weight is 225 g/mol. The van der Waals surface area contributed by atoms with Crippen LogP contribution in [0, 0.1) is 5.82 Å². The van der Waals surface area contributed by atoms with Gasteiger partial charge in [-0.1, -0.05) is 18.2 Å². The van der Waals surface area contributed by atoms with Gasteiger partial charge in [0.05, 0.1) is 13.0 Å². The molecule has 1 rings (SSSR count). The third-order valence-corrected chi connectivity index (χ3v) is 2.13. The maximum atomic E-state index is 13.2. The highest BCUT2D eigenvalue weighted by atomic mass is 19.1. The van der Waals surface area contributed by atoms with E-state index in [-0.39, 0.29) is 24.2 Å². The first-order chi connectivity index (χ1) is 7.63. The summed E-state index contributed by atoms with van der Waals surface area (Å²) in [6.45, 7) is 2.28. The zero-order valence-corrected chi connectivity index (χ0v) is 9.50. The molecule has 0 aromatic heterocycles. The van der Waals surface area contributed by atoms with Gasteiger partial charge in [0.15, 0.2) is 0 Å². The fourth-order valence-electron chi connectivity index (χ4n) is 1.43. The Bertz CT molecular complexity index is 355. The molecule has 1 atom stereocenters. The molecule has 0 spiro atoms. The van der Waals surface area contributed by atoms with Gasteiger partial charge in [0.25, 0.3) is 0 Å². The molecule has 4 heteroatoms. The van der Waals surface area contributed by atoms with Crippen molar-refractivity contribution >= 4 is 5.91 Å². The van der Waals surface area contributed by atoms with Gasteiger partial charge in [0.1, 0.15) is 5.82 Å². The number of ether oxygens (including phenoxy) is 1. The zero-order chi connectivity index (χ0) is 12.0. The number of benzene rings is 1. The van der Waals surface area contributed by atoms with Crippen LogP contribution in [0.4, 0.5) is 4.39 Å². The van der Waals surface area contributed by atoms with Crippen LogP contribution >= 0.6 is 0 Å². The first-order valence-electron chi connectivity index (χ1n) is 5.15. The molecule has 3 nitrogen and oxygen atoms in total. The lowest BCUT2D eigenvalue weighted by Gasteiger charge is -2.12. The molecule has 0 saturated heterocycles. The summed E-state index contributed by atoms with van der Waals surface area (Å²) in [5, 5.41) is 2.73. The molecule has 16 heavy (non-hydrogen) atoms. The highest BCUT2D eigenvalue weighted by Crippen LogP contribution is 2.06. The van der Waals surface area contributed by atoms with E-state index in [1.165, 1.54) is 6.07 Å². The highest BCUT2D eigenvalue weighted by Gasteiger charge is 2.10. The number of carbonyl (C=O) groups excluding carboxylic acids is 1. The lowest BCUT2D eigenvalue weighted by atomic mass is 10.1. The summed E-state index contributed by atoms with van der Waals surface area (Å²) >= 11 is 0. The Hall–Kier alpha value is -1.42. The minimum atomic E-state index is -0.350. The molecular formula is C12H16FNO2. The van der Waals surface area contributed by atoms with Crippen molar-refractivity contribution in [1.82, 2.24) is 5.32 Å². The number of carbonyl (C=O) groups is 1. The third kappa shape index (κ3) is 3.98. The van der Waals surface area contributed by atoms with Gasteiger partial charge in [-0.3, -0.25) is 4.79 Å². The fraction of sp³-hybridized carbons (Fsp3) is 0.417. The lowest BCUT2D eigenvalue weighted by molar-refractivity contribution is -0.121. The Morgan fingerprint density at radius 1 is 1.50 bits per heavy atom. The van der Waals surface area contributed by atoms with Crippen molar-refractivity contribution in [3.63, 3.8) is 0 Å². The molecule has 0 saturated carbocycles. The van der Waals surface area contributed by atoms with E-state index in [1.54, 1.807) is 25.3 Å². The quantitative estimate of drug-likeness (QED) is 0.825. The topological polar surface area (TPSA) is 38.3 Å².